The molecular formula is C18H20N2O4. The summed E-state index contributed by atoms with van der Waals surface area (Å²) in [6.07, 6.45) is 1.52. The van der Waals surface area contributed by atoms with E-state index in [4.69, 9.17) is 9.15 Å². The lowest BCUT2D eigenvalue weighted by atomic mass is 9.98. The molecule has 2 saturated heterocycles. The summed E-state index contributed by atoms with van der Waals surface area (Å²) in [5, 5.41) is 0.748. The molecule has 0 atom stereocenters. The molecule has 0 aliphatic carbocycles. The highest BCUT2D eigenvalue weighted by molar-refractivity contribution is 5.97. The summed E-state index contributed by atoms with van der Waals surface area (Å²) >= 11 is 0. The Morgan fingerprint density at radius 3 is 2.71 bits per heavy atom. The fourth-order valence-electron chi connectivity index (χ4n) is 3.63. The predicted octanol–water partition coefficient (Wildman–Crippen LogP) is 1.69. The lowest BCUT2D eigenvalue weighted by molar-refractivity contribution is -0.102. The van der Waals surface area contributed by atoms with Gasteiger partial charge < -0.3 is 19.0 Å². The number of hydrogen-bond acceptors (Lipinski definition) is 5. The first-order valence-electron chi connectivity index (χ1n) is 8.26. The Morgan fingerprint density at radius 1 is 1.17 bits per heavy atom. The van der Waals surface area contributed by atoms with E-state index >= 15 is 0 Å². The second-order valence-corrected chi connectivity index (χ2v) is 6.54. The van der Waals surface area contributed by atoms with Crippen molar-refractivity contribution in [2.45, 2.75) is 18.6 Å². The second kappa shape index (κ2) is 5.72. The number of fused-ring (bicyclic) bond motifs is 1. The van der Waals surface area contributed by atoms with Crippen LogP contribution in [0.15, 0.2) is 39.5 Å². The largest absolute Gasteiger partial charge is 0.422 e. The zero-order chi connectivity index (χ0) is 16.7. The molecule has 2 aromatic rings. The Kier molecular flexibility index (Phi) is 3.66. The molecule has 24 heavy (non-hydrogen) atoms. The highest BCUT2D eigenvalue weighted by Crippen LogP contribution is 2.34. The normalized spacial score (nSPS) is 20.8. The molecule has 6 heteroatoms. The van der Waals surface area contributed by atoms with Crippen LogP contribution in [-0.4, -0.2) is 54.7 Å². The van der Waals surface area contributed by atoms with Crippen LogP contribution in [0, 0.1) is 0 Å². The predicted molar refractivity (Wildman–Crippen MR) is 88.9 cm³/mol. The third-order valence-corrected chi connectivity index (χ3v) is 5.06. The van der Waals surface area contributed by atoms with Crippen molar-refractivity contribution in [3.63, 3.8) is 0 Å². The van der Waals surface area contributed by atoms with Gasteiger partial charge in [0.05, 0.1) is 6.61 Å². The molecule has 0 bridgehead atoms. The van der Waals surface area contributed by atoms with Gasteiger partial charge in [0.1, 0.15) is 16.9 Å². The summed E-state index contributed by atoms with van der Waals surface area (Å²) in [4.78, 5) is 29.3. The molecule has 4 rings (SSSR count). The number of carbonyl (C=O) groups excluding carboxylic acids is 1. The van der Waals surface area contributed by atoms with Crippen LogP contribution in [0.2, 0.25) is 0 Å². The van der Waals surface area contributed by atoms with Crippen LogP contribution < -0.4 is 5.63 Å². The molecule has 1 amide bonds. The van der Waals surface area contributed by atoms with Gasteiger partial charge in [0, 0.05) is 37.9 Å². The van der Waals surface area contributed by atoms with Gasteiger partial charge in [-0.3, -0.25) is 4.79 Å². The molecule has 0 radical (unpaired) electrons. The average Bonchev–Trinajstić information content (AvgIpc) is 3.00. The maximum atomic E-state index is 13.0. The van der Waals surface area contributed by atoms with Crippen molar-refractivity contribution in [3.05, 3.63) is 46.3 Å². The zero-order valence-corrected chi connectivity index (χ0v) is 13.7. The van der Waals surface area contributed by atoms with Crippen LogP contribution in [0.5, 0.6) is 0 Å². The number of benzene rings is 1. The van der Waals surface area contributed by atoms with Gasteiger partial charge in [0.15, 0.2) is 0 Å². The number of amides is 1. The van der Waals surface area contributed by atoms with Gasteiger partial charge >= 0.3 is 5.63 Å². The van der Waals surface area contributed by atoms with Gasteiger partial charge in [-0.25, -0.2) is 4.79 Å². The number of nitrogens with zero attached hydrogens (tertiary/aromatic N) is 2. The van der Waals surface area contributed by atoms with E-state index in [1.165, 1.54) is 0 Å². The zero-order valence-electron chi connectivity index (χ0n) is 13.7. The topological polar surface area (TPSA) is 63.0 Å². The molecule has 6 nitrogen and oxygen atoms in total. The molecule has 2 aliphatic heterocycles. The van der Waals surface area contributed by atoms with E-state index < -0.39 is 11.4 Å². The van der Waals surface area contributed by atoms with Crippen molar-refractivity contribution in [2.24, 2.45) is 0 Å². The van der Waals surface area contributed by atoms with E-state index in [9.17, 15) is 9.59 Å². The van der Waals surface area contributed by atoms with E-state index in [0.29, 0.717) is 18.7 Å². The summed E-state index contributed by atoms with van der Waals surface area (Å²) in [6.45, 7) is 2.76. The first kappa shape index (κ1) is 15.4. The van der Waals surface area contributed by atoms with E-state index in [-0.39, 0.29) is 11.5 Å². The smallest absolute Gasteiger partial charge is 0.349 e. The lowest BCUT2D eigenvalue weighted by Crippen LogP contribution is -2.54. The first-order valence-corrected chi connectivity index (χ1v) is 8.26. The molecule has 1 aromatic carbocycles. The molecule has 3 heterocycles. The van der Waals surface area contributed by atoms with E-state index in [1.54, 1.807) is 23.1 Å². The van der Waals surface area contributed by atoms with Gasteiger partial charge in [-0.15, -0.1) is 0 Å². The molecule has 1 spiro atoms. The van der Waals surface area contributed by atoms with Crippen LogP contribution in [0.3, 0.4) is 0 Å². The van der Waals surface area contributed by atoms with Crippen LogP contribution in [0.25, 0.3) is 11.0 Å². The number of carbonyl (C=O) groups is 1. The Hall–Kier alpha value is -2.18. The van der Waals surface area contributed by atoms with Crippen molar-refractivity contribution >= 4 is 16.9 Å². The van der Waals surface area contributed by atoms with Crippen molar-refractivity contribution < 1.29 is 13.9 Å². The van der Waals surface area contributed by atoms with Gasteiger partial charge in [-0.2, -0.15) is 0 Å². The number of likely N-dealkylation sites (tertiary alicyclic amines) is 1. The van der Waals surface area contributed by atoms with Crippen LogP contribution in [-0.2, 0) is 4.74 Å². The monoisotopic (exact) mass is 328 g/mol. The molecule has 2 aliphatic rings. The second-order valence-electron chi connectivity index (χ2n) is 6.54. The van der Waals surface area contributed by atoms with Crippen molar-refractivity contribution in [3.8, 4) is 0 Å². The molecule has 0 saturated carbocycles. The number of para-hydroxylation sites is 1. The minimum atomic E-state index is -0.589. The maximum Gasteiger partial charge on any atom is 0.349 e. The number of hydrogen-bond donors (Lipinski definition) is 0. The van der Waals surface area contributed by atoms with E-state index in [2.05, 4.69) is 11.9 Å². The third-order valence-electron chi connectivity index (χ3n) is 5.06. The Balaban J connectivity index is 1.70. The Bertz CT molecular complexity index is 836. The highest BCUT2D eigenvalue weighted by Gasteiger charge is 2.47. The van der Waals surface area contributed by atoms with Crippen LogP contribution >= 0.6 is 0 Å². The third kappa shape index (κ3) is 2.42. The van der Waals surface area contributed by atoms with Crippen LogP contribution in [0.4, 0.5) is 0 Å². The minimum absolute atomic E-state index is 0.0810. The SMILES string of the molecule is CN1CCC2(CC1)OCCN2C(=O)c1cc2ccccc2oc1=O. The highest BCUT2D eigenvalue weighted by atomic mass is 16.5. The van der Waals surface area contributed by atoms with Gasteiger partial charge in [0.2, 0.25) is 0 Å². The van der Waals surface area contributed by atoms with Gasteiger partial charge in [0.25, 0.3) is 5.91 Å². The number of piperidine rings is 1. The number of ether oxygens (including phenoxy) is 1. The lowest BCUT2D eigenvalue weighted by Gasteiger charge is -2.42. The Morgan fingerprint density at radius 2 is 1.92 bits per heavy atom. The molecule has 2 fully saturated rings. The van der Waals surface area contributed by atoms with Crippen LogP contribution in [0.1, 0.15) is 23.2 Å². The molecule has 0 unspecified atom stereocenters. The fraction of sp³-hybridized carbons (Fsp3) is 0.444. The minimum Gasteiger partial charge on any atom is -0.422 e. The fourth-order valence-corrected chi connectivity index (χ4v) is 3.63. The first-order chi connectivity index (χ1) is 11.6. The average molecular weight is 328 g/mol. The number of rotatable bonds is 1. The summed E-state index contributed by atoms with van der Waals surface area (Å²) < 4.78 is 11.3. The summed E-state index contributed by atoms with van der Waals surface area (Å²) in [7, 11) is 2.06. The quantitative estimate of drug-likeness (QED) is 0.746. The van der Waals surface area contributed by atoms with Crippen molar-refractivity contribution in [1.29, 1.82) is 0 Å². The standard InChI is InChI=1S/C18H20N2O4/c1-19-8-6-18(7-9-19)20(10-11-23-18)16(21)14-12-13-4-2-3-5-15(13)24-17(14)22/h2-5,12H,6-11H2,1H3. The Labute approximate surface area is 139 Å². The van der Waals surface area contributed by atoms with Gasteiger partial charge in [-0.05, 0) is 19.2 Å². The summed E-state index contributed by atoms with van der Waals surface area (Å²) in [5.74, 6) is -0.295. The summed E-state index contributed by atoms with van der Waals surface area (Å²) in [6, 6.07) is 8.84. The van der Waals surface area contributed by atoms with Crippen molar-refractivity contribution in [2.75, 3.05) is 33.3 Å². The maximum absolute atomic E-state index is 13.0. The van der Waals surface area contributed by atoms with Gasteiger partial charge in [-0.1, -0.05) is 18.2 Å². The van der Waals surface area contributed by atoms with E-state index in [1.807, 2.05) is 12.1 Å². The van der Waals surface area contributed by atoms with E-state index in [0.717, 1.165) is 31.3 Å². The molecular weight excluding hydrogens is 308 g/mol. The summed E-state index contributed by atoms with van der Waals surface area (Å²) in [5.41, 5.74) is -0.598. The molecule has 126 valence electrons. The molecule has 1 aromatic heterocycles. The molecule has 0 N–H and O–H groups in total. The van der Waals surface area contributed by atoms with Crippen molar-refractivity contribution in [1.82, 2.24) is 9.80 Å².